The zero-order valence-corrected chi connectivity index (χ0v) is 16.7. The molecule has 1 saturated heterocycles. The fraction of sp³-hybridized carbons (Fsp3) is 0.263. The fourth-order valence-corrected chi connectivity index (χ4v) is 3.49. The van der Waals surface area contributed by atoms with Gasteiger partial charge in [0.25, 0.3) is 5.91 Å². The molecular weight excluding hydrogens is 399 g/mol. The van der Waals surface area contributed by atoms with Gasteiger partial charge in [-0.05, 0) is 43.3 Å². The van der Waals surface area contributed by atoms with Gasteiger partial charge in [0, 0.05) is 37.4 Å². The Balaban J connectivity index is 1.41. The molecule has 0 N–H and O–H groups in total. The van der Waals surface area contributed by atoms with Crippen molar-refractivity contribution in [1.82, 2.24) is 24.9 Å². The first-order valence-corrected chi connectivity index (χ1v) is 9.62. The molecule has 28 heavy (non-hydrogen) atoms. The standard InChI is InChI=1S/C19H18Cl2N6O/c1-13-6-7-27(24-13)18-5-4-17(22-23-18)25-8-10-26(11-9-25)19(28)15-12-14(20)2-3-16(15)21/h2-7,12H,8-11H2,1H3. The molecule has 3 heterocycles. The van der Waals surface area contributed by atoms with Crippen LogP contribution in [0, 0.1) is 6.92 Å². The van der Waals surface area contributed by atoms with Crippen LogP contribution in [0.4, 0.5) is 5.82 Å². The van der Waals surface area contributed by atoms with Crippen LogP contribution < -0.4 is 4.90 Å². The summed E-state index contributed by atoms with van der Waals surface area (Å²) in [6, 6.07) is 10.7. The molecule has 0 unspecified atom stereocenters. The van der Waals surface area contributed by atoms with Crippen molar-refractivity contribution in [3.05, 3.63) is 63.9 Å². The molecule has 1 aromatic carbocycles. The maximum absolute atomic E-state index is 12.7. The number of rotatable bonds is 3. The first kappa shape index (κ1) is 18.7. The van der Waals surface area contributed by atoms with Crippen LogP contribution in [0.2, 0.25) is 10.0 Å². The van der Waals surface area contributed by atoms with Gasteiger partial charge < -0.3 is 9.80 Å². The van der Waals surface area contributed by atoms with E-state index in [2.05, 4.69) is 20.2 Å². The highest BCUT2D eigenvalue weighted by atomic mass is 35.5. The lowest BCUT2D eigenvalue weighted by Gasteiger charge is -2.35. The molecule has 1 aliphatic rings. The van der Waals surface area contributed by atoms with Gasteiger partial charge in [-0.1, -0.05) is 23.2 Å². The van der Waals surface area contributed by atoms with Crippen molar-refractivity contribution in [2.75, 3.05) is 31.1 Å². The zero-order chi connectivity index (χ0) is 19.7. The van der Waals surface area contributed by atoms with Crippen molar-refractivity contribution >= 4 is 34.9 Å². The molecule has 1 amide bonds. The quantitative estimate of drug-likeness (QED) is 0.655. The average molecular weight is 417 g/mol. The second-order valence-corrected chi connectivity index (χ2v) is 7.40. The number of carbonyl (C=O) groups is 1. The van der Waals surface area contributed by atoms with E-state index in [1.54, 1.807) is 27.8 Å². The zero-order valence-electron chi connectivity index (χ0n) is 15.2. The lowest BCUT2D eigenvalue weighted by molar-refractivity contribution is 0.0746. The van der Waals surface area contributed by atoms with Gasteiger partial charge in [-0.2, -0.15) is 5.10 Å². The Kier molecular flexibility index (Phi) is 5.19. The molecule has 9 heteroatoms. The molecule has 0 spiro atoms. The molecule has 0 saturated carbocycles. The summed E-state index contributed by atoms with van der Waals surface area (Å²) >= 11 is 12.2. The molecule has 0 aliphatic carbocycles. The van der Waals surface area contributed by atoms with Crippen LogP contribution in [0.25, 0.3) is 5.82 Å². The van der Waals surface area contributed by atoms with Crippen molar-refractivity contribution in [2.45, 2.75) is 6.92 Å². The van der Waals surface area contributed by atoms with E-state index < -0.39 is 0 Å². The molecule has 2 aromatic heterocycles. The number of anilines is 1. The molecule has 144 valence electrons. The summed E-state index contributed by atoms with van der Waals surface area (Å²) in [4.78, 5) is 16.6. The van der Waals surface area contributed by atoms with Gasteiger partial charge in [0.05, 0.1) is 16.3 Å². The summed E-state index contributed by atoms with van der Waals surface area (Å²) in [5, 5.41) is 13.8. The van der Waals surface area contributed by atoms with Crippen molar-refractivity contribution < 1.29 is 4.79 Å². The number of aromatic nitrogens is 4. The molecule has 1 aliphatic heterocycles. The Morgan fingerprint density at radius 1 is 0.964 bits per heavy atom. The minimum atomic E-state index is -0.109. The molecule has 3 aromatic rings. The van der Waals surface area contributed by atoms with E-state index in [-0.39, 0.29) is 5.91 Å². The normalized spacial score (nSPS) is 14.4. The Morgan fingerprint density at radius 3 is 2.32 bits per heavy atom. The minimum Gasteiger partial charge on any atom is -0.352 e. The number of piperazine rings is 1. The number of aryl methyl sites for hydroxylation is 1. The predicted molar refractivity (Wildman–Crippen MR) is 108 cm³/mol. The van der Waals surface area contributed by atoms with Crippen LogP contribution in [0.3, 0.4) is 0 Å². The van der Waals surface area contributed by atoms with Gasteiger partial charge in [0.15, 0.2) is 11.6 Å². The summed E-state index contributed by atoms with van der Waals surface area (Å²) in [5.74, 6) is 1.34. The summed E-state index contributed by atoms with van der Waals surface area (Å²) in [6.07, 6.45) is 1.85. The molecule has 7 nitrogen and oxygen atoms in total. The Bertz CT molecular complexity index is 996. The maximum atomic E-state index is 12.7. The van der Waals surface area contributed by atoms with Crippen LogP contribution in [-0.2, 0) is 0 Å². The van der Waals surface area contributed by atoms with Crippen LogP contribution in [0.1, 0.15) is 16.1 Å². The smallest absolute Gasteiger partial charge is 0.255 e. The van der Waals surface area contributed by atoms with Gasteiger partial charge in [0.2, 0.25) is 0 Å². The molecule has 0 radical (unpaired) electrons. The average Bonchev–Trinajstić information content (AvgIpc) is 3.16. The number of amides is 1. The molecule has 4 rings (SSSR count). The maximum Gasteiger partial charge on any atom is 0.255 e. The highest BCUT2D eigenvalue weighted by Crippen LogP contribution is 2.23. The number of benzene rings is 1. The van der Waals surface area contributed by atoms with Gasteiger partial charge in [-0.3, -0.25) is 4.79 Å². The summed E-state index contributed by atoms with van der Waals surface area (Å²) in [6.45, 7) is 4.40. The summed E-state index contributed by atoms with van der Waals surface area (Å²) < 4.78 is 1.69. The molecule has 1 fully saturated rings. The Morgan fingerprint density at radius 2 is 1.68 bits per heavy atom. The molecule has 0 atom stereocenters. The Labute approximate surface area is 172 Å². The number of carbonyl (C=O) groups excluding carboxylic acids is 1. The number of halogens is 2. The van der Waals surface area contributed by atoms with Gasteiger partial charge in [0.1, 0.15) is 0 Å². The van der Waals surface area contributed by atoms with Crippen LogP contribution in [0.5, 0.6) is 0 Å². The number of hydrogen-bond donors (Lipinski definition) is 0. The largest absolute Gasteiger partial charge is 0.352 e. The molecular formula is C19H18Cl2N6O. The van der Waals surface area contributed by atoms with Crippen LogP contribution in [-0.4, -0.2) is 57.0 Å². The van der Waals surface area contributed by atoms with Crippen molar-refractivity contribution in [1.29, 1.82) is 0 Å². The fourth-order valence-electron chi connectivity index (χ4n) is 3.12. The third-order valence-electron chi connectivity index (χ3n) is 4.64. The van der Waals surface area contributed by atoms with Crippen molar-refractivity contribution in [2.24, 2.45) is 0 Å². The van der Waals surface area contributed by atoms with E-state index in [9.17, 15) is 4.79 Å². The van der Waals surface area contributed by atoms with Gasteiger partial charge in [-0.25, -0.2) is 4.68 Å². The monoisotopic (exact) mass is 416 g/mol. The van der Waals surface area contributed by atoms with Crippen molar-refractivity contribution in [3.8, 4) is 5.82 Å². The number of hydrogen-bond acceptors (Lipinski definition) is 5. The van der Waals surface area contributed by atoms with Crippen LogP contribution >= 0.6 is 23.2 Å². The van der Waals surface area contributed by atoms with E-state index in [4.69, 9.17) is 23.2 Å². The van der Waals surface area contributed by atoms with Gasteiger partial charge in [-0.15, -0.1) is 10.2 Å². The van der Waals surface area contributed by atoms with Crippen LogP contribution in [0.15, 0.2) is 42.6 Å². The first-order valence-electron chi connectivity index (χ1n) is 8.87. The van der Waals surface area contributed by atoms with E-state index >= 15 is 0 Å². The highest BCUT2D eigenvalue weighted by Gasteiger charge is 2.24. The van der Waals surface area contributed by atoms with Crippen molar-refractivity contribution in [3.63, 3.8) is 0 Å². The second kappa shape index (κ2) is 7.77. The second-order valence-electron chi connectivity index (χ2n) is 6.55. The van der Waals surface area contributed by atoms with E-state index in [0.717, 1.165) is 11.5 Å². The third kappa shape index (κ3) is 3.81. The highest BCUT2D eigenvalue weighted by molar-refractivity contribution is 6.35. The lowest BCUT2D eigenvalue weighted by Crippen LogP contribution is -2.49. The van der Waals surface area contributed by atoms with E-state index in [1.165, 1.54) is 0 Å². The van der Waals surface area contributed by atoms with E-state index in [1.807, 2.05) is 31.3 Å². The Hall–Kier alpha value is -2.64. The summed E-state index contributed by atoms with van der Waals surface area (Å²) in [7, 11) is 0. The lowest BCUT2D eigenvalue weighted by atomic mass is 10.1. The first-order chi connectivity index (χ1) is 13.5. The molecule has 0 bridgehead atoms. The topological polar surface area (TPSA) is 67.2 Å². The number of nitrogens with zero attached hydrogens (tertiary/aromatic N) is 6. The summed E-state index contributed by atoms with van der Waals surface area (Å²) in [5.41, 5.74) is 1.35. The minimum absolute atomic E-state index is 0.109. The third-order valence-corrected chi connectivity index (χ3v) is 5.21. The van der Waals surface area contributed by atoms with Gasteiger partial charge >= 0.3 is 0 Å². The predicted octanol–water partition coefficient (Wildman–Crippen LogP) is 3.24. The van der Waals surface area contributed by atoms with E-state index in [0.29, 0.717) is 47.6 Å². The SMILES string of the molecule is Cc1ccn(-c2ccc(N3CCN(C(=O)c4cc(Cl)ccc4Cl)CC3)nn2)n1.